The van der Waals surface area contributed by atoms with Gasteiger partial charge in [0.05, 0.1) is 13.1 Å². The van der Waals surface area contributed by atoms with Crippen molar-refractivity contribution >= 4 is 5.96 Å². The number of nitrogens with zero attached hydrogens (tertiary/aromatic N) is 3. The highest BCUT2D eigenvalue weighted by atomic mass is 19.1. The maximum absolute atomic E-state index is 13.5. The van der Waals surface area contributed by atoms with Crippen molar-refractivity contribution < 1.29 is 9.50 Å². The van der Waals surface area contributed by atoms with Gasteiger partial charge in [0.1, 0.15) is 0 Å². The van der Waals surface area contributed by atoms with Crippen LogP contribution < -0.4 is 10.6 Å². The smallest absolute Gasteiger partial charge is 0.191 e. The second-order valence-corrected chi connectivity index (χ2v) is 6.31. The summed E-state index contributed by atoms with van der Waals surface area (Å²) in [6, 6.07) is 14.4. The normalized spacial score (nSPS) is 11.4. The summed E-state index contributed by atoms with van der Waals surface area (Å²) in [5.41, 5.74) is 3.01. The van der Waals surface area contributed by atoms with Crippen LogP contribution in [0.25, 0.3) is 0 Å². The molecule has 0 aliphatic rings. The second kappa shape index (κ2) is 9.55. The highest BCUT2D eigenvalue weighted by Gasteiger charge is 2.06. The lowest BCUT2D eigenvalue weighted by atomic mass is 10.1. The predicted octanol–water partition coefficient (Wildman–Crippen LogP) is 3.03. The van der Waals surface area contributed by atoms with Crippen molar-refractivity contribution in [3.05, 3.63) is 83.4 Å². The standard InChI is InChI=1S/C21H24FN5O/c1-2-23-21(24-13-16-8-9-20(28)19(22)12-16)25-14-17-6-3-4-7-18(17)15-27-11-5-10-26-27/h3-12,28H,2,13-15H2,1H3,(H2,23,24,25). The number of guanidine groups is 1. The fraction of sp³-hybridized carbons (Fsp3) is 0.238. The summed E-state index contributed by atoms with van der Waals surface area (Å²) in [4.78, 5) is 4.50. The van der Waals surface area contributed by atoms with Gasteiger partial charge in [0.25, 0.3) is 0 Å². The molecule has 28 heavy (non-hydrogen) atoms. The van der Waals surface area contributed by atoms with Gasteiger partial charge in [0.15, 0.2) is 17.5 Å². The Bertz CT molecular complexity index is 924. The number of hydrogen-bond acceptors (Lipinski definition) is 3. The van der Waals surface area contributed by atoms with Crippen LogP contribution in [0.1, 0.15) is 23.6 Å². The van der Waals surface area contributed by atoms with E-state index in [-0.39, 0.29) is 5.75 Å². The maximum atomic E-state index is 13.5. The Kier molecular flexibility index (Phi) is 6.62. The Balaban J connectivity index is 1.67. The van der Waals surface area contributed by atoms with Gasteiger partial charge in [-0.2, -0.15) is 5.10 Å². The number of halogens is 1. The second-order valence-electron chi connectivity index (χ2n) is 6.31. The molecule has 3 rings (SSSR count). The SMILES string of the molecule is CCNC(=NCc1ccc(O)c(F)c1)NCc1ccccc1Cn1cccn1. The Morgan fingerprint density at radius 3 is 2.68 bits per heavy atom. The first kappa shape index (κ1) is 19.4. The number of nitrogens with one attached hydrogen (secondary N) is 2. The summed E-state index contributed by atoms with van der Waals surface area (Å²) in [6.45, 7) is 4.31. The zero-order valence-electron chi connectivity index (χ0n) is 15.8. The summed E-state index contributed by atoms with van der Waals surface area (Å²) < 4.78 is 15.4. The molecule has 0 amide bonds. The van der Waals surface area contributed by atoms with Crippen LogP contribution in [-0.2, 0) is 19.6 Å². The van der Waals surface area contributed by atoms with E-state index in [9.17, 15) is 9.50 Å². The molecule has 0 spiro atoms. The van der Waals surface area contributed by atoms with Gasteiger partial charge in [0, 0.05) is 25.5 Å². The van der Waals surface area contributed by atoms with Crippen molar-refractivity contribution in [1.82, 2.24) is 20.4 Å². The molecule has 146 valence electrons. The zero-order valence-corrected chi connectivity index (χ0v) is 15.8. The van der Waals surface area contributed by atoms with Crippen molar-refractivity contribution in [2.75, 3.05) is 6.54 Å². The maximum Gasteiger partial charge on any atom is 0.191 e. The largest absolute Gasteiger partial charge is 0.505 e. The van der Waals surface area contributed by atoms with Crippen LogP contribution in [0.3, 0.4) is 0 Å². The summed E-state index contributed by atoms with van der Waals surface area (Å²) in [6.07, 6.45) is 3.70. The van der Waals surface area contributed by atoms with Gasteiger partial charge in [-0.1, -0.05) is 30.3 Å². The first-order chi connectivity index (χ1) is 13.7. The van der Waals surface area contributed by atoms with E-state index in [4.69, 9.17) is 0 Å². The summed E-state index contributed by atoms with van der Waals surface area (Å²) in [7, 11) is 0. The van der Waals surface area contributed by atoms with E-state index in [0.717, 1.165) is 5.56 Å². The highest BCUT2D eigenvalue weighted by molar-refractivity contribution is 5.79. The first-order valence-corrected chi connectivity index (χ1v) is 9.19. The number of phenols is 1. The molecule has 0 saturated heterocycles. The fourth-order valence-electron chi connectivity index (χ4n) is 2.79. The van der Waals surface area contributed by atoms with Crippen LogP contribution in [0.2, 0.25) is 0 Å². The van der Waals surface area contributed by atoms with E-state index >= 15 is 0 Å². The molecule has 3 N–H and O–H groups in total. The van der Waals surface area contributed by atoms with E-state index in [1.54, 1.807) is 12.3 Å². The minimum absolute atomic E-state index is 0.307. The lowest BCUT2D eigenvalue weighted by molar-refractivity contribution is 0.432. The molecule has 2 aromatic carbocycles. The van der Waals surface area contributed by atoms with Crippen LogP contribution in [0.15, 0.2) is 65.9 Å². The third kappa shape index (κ3) is 5.33. The monoisotopic (exact) mass is 381 g/mol. The first-order valence-electron chi connectivity index (χ1n) is 9.19. The number of hydrogen-bond donors (Lipinski definition) is 3. The Morgan fingerprint density at radius 2 is 1.96 bits per heavy atom. The number of rotatable bonds is 7. The molecule has 0 fully saturated rings. The zero-order chi connectivity index (χ0) is 19.8. The predicted molar refractivity (Wildman–Crippen MR) is 107 cm³/mol. The van der Waals surface area contributed by atoms with E-state index in [1.165, 1.54) is 17.7 Å². The Morgan fingerprint density at radius 1 is 1.14 bits per heavy atom. The third-order valence-electron chi connectivity index (χ3n) is 4.23. The number of phenolic OH excluding ortho intramolecular Hbond substituents is 1. The van der Waals surface area contributed by atoms with Crippen molar-refractivity contribution in [3.63, 3.8) is 0 Å². The highest BCUT2D eigenvalue weighted by Crippen LogP contribution is 2.16. The molecule has 3 aromatic rings. The van der Waals surface area contributed by atoms with Gasteiger partial charge in [-0.25, -0.2) is 9.38 Å². The van der Waals surface area contributed by atoms with Gasteiger partial charge >= 0.3 is 0 Å². The van der Waals surface area contributed by atoms with Gasteiger partial charge in [-0.3, -0.25) is 4.68 Å². The fourth-order valence-corrected chi connectivity index (χ4v) is 2.79. The minimum atomic E-state index is -0.641. The molecule has 0 saturated carbocycles. The molecule has 0 atom stereocenters. The van der Waals surface area contributed by atoms with Gasteiger partial charge < -0.3 is 15.7 Å². The molecule has 0 bridgehead atoms. The average molecular weight is 381 g/mol. The molecular formula is C21H24FN5O. The molecule has 0 aliphatic carbocycles. The van der Waals surface area contributed by atoms with Crippen LogP contribution in [0, 0.1) is 5.82 Å². The molecule has 7 heteroatoms. The van der Waals surface area contributed by atoms with E-state index in [1.807, 2.05) is 36.0 Å². The molecule has 1 aromatic heterocycles. The lowest BCUT2D eigenvalue weighted by Gasteiger charge is -2.14. The van der Waals surface area contributed by atoms with Crippen LogP contribution >= 0.6 is 0 Å². The summed E-state index contributed by atoms with van der Waals surface area (Å²) in [5, 5.41) is 20.1. The van der Waals surface area contributed by atoms with Crippen LogP contribution in [-0.4, -0.2) is 27.4 Å². The van der Waals surface area contributed by atoms with Gasteiger partial charge in [0.2, 0.25) is 0 Å². The third-order valence-corrected chi connectivity index (χ3v) is 4.23. The summed E-state index contributed by atoms with van der Waals surface area (Å²) >= 11 is 0. The Hall–Kier alpha value is -3.35. The summed E-state index contributed by atoms with van der Waals surface area (Å²) in [5.74, 6) is -0.352. The van der Waals surface area contributed by atoms with Gasteiger partial charge in [-0.05, 0) is 41.8 Å². The molecule has 1 heterocycles. The van der Waals surface area contributed by atoms with Crippen LogP contribution in [0.4, 0.5) is 4.39 Å². The van der Waals surface area contributed by atoms with Crippen molar-refractivity contribution in [2.45, 2.75) is 26.6 Å². The number of aromatic hydroxyl groups is 1. The average Bonchev–Trinajstić information content (AvgIpc) is 3.21. The molecule has 0 aliphatic heterocycles. The topological polar surface area (TPSA) is 74.5 Å². The number of benzene rings is 2. The van der Waals surface area contributed by atoms with Crippen molar-refractivity contribution in [3.8, 4) is 5.75 Å². The lowest BCUT2D eigenvalue weighted by Crippen LogP contribution is -2.37. The van der Waals surface area contributed by atoms with E-state index in [2.05, 4.69) is 32.9 Å². The van der Waals surface area contributed by atoms with E-state index < -0.39 is 5.82 Å². The van der Waals surface area contributed by atoms with E-state index in [0.29, 0.717) is 37.7 Å². The number of aliphatic imine (C=N–C) groups is 1. The quantitative estimate of drug-likeness (QED) is 0.434. The molecule has 6 nitrogen and oxygen atoms in total. The molecular weight excluding hydrogens is 357 g/mol. The Labute approximate surface area is 163 Å². The molecule has 0 radical (unpaired) electrons. The minimum Gasteiger partial charge on any atom is -0.505 e. The van der Waals surface area contributed by atoms with Crippen molar-refractivity contribution in [2.24, 2.45) is 4.99 Å². The van der Waals surface area contributed by atoms with Gasteiger partial charge in [-0.15, -0.1) is 0 Å². The van der Waals surface area contributed by atoms with Crippen molar-refractivity contribution in [1.29, 1.82) is 0 Å². The number of aromatic nitrogens is 2. The van der Waals surface area contributed by atoms with Crippen LogP contribution in [0.5, 0.6) is 5.75 Å². The molecule has 0 unspecified atom stereocenters.